The molecular weight excluding hydrogens is 412 g/mol. The van der Waals surface area contributed by atoms with Crippen LogP contribution >= 0.6 is 0 Å². The molecule has 4 aliphatic rings. The molecule has 0 aromatic heterocycles. The molecule has 0 amide bonds. The van der Waals surface area contributed by atoms with Gasteiger partial charge in [0.1, 0.15) is 0 Å². The summed E-state index contributed by atoms with van der Waals surface area (Å²) >= 11 is 0. The van der Waals surface area contributed by atoms with Gasteiger partial charge in [0.05, 0.1) is 0 Å². The van der Waals surface area contributed by atoms with Gasteiger partial charge in [0, 0.05) is 17.8 Å². The maximum absolute atomic E-state index is 7.69. The third-order valence-corrected chi connectivity index (χ3v) is 12.9. The number of hydrogen-bond acceptors (Lipinski definition) is 2. The van der Waals surface area contributed by atoms with Crippen LogP contribution in [0.25, 0.3) is 0 Å². The van der Waals surface area contributed by atoms with Crippen LogP contribution in [0.4, 0.5) is 0 Å². The van der Waals surface area contributed by atoms with Crippen LogP contribution in [-0.2, 0) is 0 Å². The summed E-state index contributed by atoms with van der Waals surface area (Å²) < 4.78 is 0. The second kappa shape index (κ2) is 9.11. The van der Waals surface area contributed by atoms with Crippen LogP contribution in [-0.4, -0.2) is 12.1 Å². The van der Waals surface area contributed by atoms with E-state index in [2.05, 4.69) is 60.4 Å². The first kappa shape index (κ1) is 26.6. The second-order valence-corrected chi connectivity index (χ2v) is 14.9. The zero-order valence-corrected chi connectivity index (χ0v) is 24.0. The Morgan fingerprint density at radius 2 is 1.50 bits per heavy atom. The number of nitrogens with two attached hydrogens (primary N) is 1. The van der Waals surface area contributed by atoms with E-state index in [0.717, 1.165) is 24.1 Å². The largest absolute Gasteiger partial charge is 0.389 e. The molecular formula is C32H58N2. The van der Waals surface area contributed by atoms with Crippen molar-refractivity contribution in [2.45, 2.75) is 137 Å². The van der Waals surface area contributed by atoms with Crippen molar-refractivity contribution in [3.8, 4) is 0 Å². The van der Waals surface area contributed by atoms with Crippen LogP contribution < -0.4 is 11.1 Å². The Morgan fingerprint density at radius 1 is 0.853 bits per heavy atom. The van der Waals surface area contributed by atoms with Gasteiger partial charge in [-0.25, -0.2) is 0 Å². The summed E-state index contributed by atoms with van der Waals surface area (Å²) in [4.78, 5) is 0. The lowest BCUT2D eigenvalue weighted by atomic mass is 9.32. The molecule has 196 valence electrons. The van der Waals surface area contributed by atoms with E-state index >= 15 is 0 Å². The van der Waals surface area contributed by atoms with Crippen LogP contribution in [0.5, 0.6) is 0 Å². The maximum Gasteiger partial charge on any atom is 0.0233 e. The highest BCUT2D eigenvalue weighted by Crippen LogP contribution is 2.75. The Morgan fingerprint density at radius 3 is 2.18 bits per heavy atom. The van der Waals surface area contributed by atoms with E-state index in [4.69, 9.17) is 5.73 Å². The van der Waals surface area contributed by atoms with Gasteiger partial charge in [-0.05, 0) is 110 Å². The summed E-state index contributed by atoms with van der Waals surface area (Å²) in [6.07, 6.45) is 17.7. The van der Waals surface area contributed by atoms with Gasteiger partial charge in [-0.3, -0.25) is 0 Å². The first-order valence-electron chi connectivity index (χ1n) is 15.0. The second-order valence-electron chi connectivity index (χ2n) is 14.9. The number of hydrogen-bond donors (Lipinski definition) is 2. The van der Waals surface area contributed by atoms with Crippen LogP contribution in [0.2, 0.25) is 0 Å². The Labute approximate surface area is 212 Å². The molecule has 8 atom stereocenters. The van der Waals surface area contributed by atoms with Crippen molar-refractivity contribution in [2.75, 3.05) is 6.54 Å². The first-order valence-corrected chi connectivity index (χ1v) is 15.0. The fourth-order valence-corrected chi connectivity index (χ4v) is 11.0. The highest BCUT2D eigenvalue weighted by atomic mass is 14.9. The quantitative estimate of drug-likeness (QED) is 0.366. The van der Waals surface area contributed by atoms with Gasteiger partial charge in [-0.15, -0.1) is 0 Å². The van der Waals surface area contributed by atoms with Crippen molar-refractivity contribution in [2.24, 2.45) is 51.1 Å². The molecule has 3 N–H and O–H groups in total. The predicted molar refractivity (Wildman–Crippen MR) is 147 cm³/mol. The van der Waals surface area contributed by atoms with E-state index in [0.29, 0.717) is 33.5 Å². The summed E-state index contributed by atoms with van der Waals surface area (Å²) in [5, 5.41) is 3.61. The van der Waals surface area contributed by atoms with E-state index in [1.54, 1.807) is 0 Å². The Bertz CT molecular complexity index is 756. The van der Waals surface area contributed by atoms with Crippen LogP contribution in [0.3, 0.4) is 0 Å². The molecule has 0 heterocycles. The minimum atomic E-state index is -0.0395. The number of rotatable bonds is 7. The molecule has 0 saturated heterocycles. The van der Waals surface area contributed by atoms with Crippen molar-refractivity contribution in [3.05, 3.63) is 12.3 Å². The Balaban J connectivity index is 1.68. The van der Waals surface area contributed by atoms with E-state index in [-0.39, 0.29) is 5.54 Å². The van der Waals surface area contributed by atoms with Crippen LogP contribution in [0.1, 0.15) is 132 Å². The lowest BCUT2D eigenvalue weighted by Crippen LogP contribution is -2.71. The third-order valence-electron chi connectivity index (χ3n) is 12.9. The SMILES string of the molecule is C=C(C)NC[C@H]1CC[C@]2(C)[C@H](CCC3[C@@]4(C)CCCC(C)(C)C4CC[C@]32C)[C@@]1(N)CCCCC. The molecule has 0 aromatic carbocycles. The highest BCUT2D eigenvalue weighted by Gasteiger charge is 2.69. The van der Waals surface area contributed by atoms with Crippen LogP contribution in [0, 0.1) is 45.3 Å². The lowest BCUT2D eigenvalue weighted by molar-refractivity contribution is -0.231. The van der Waals surface area contributed by atoms with Crippen molar-refractivity contribution in [1.29, 1.82) is 0 Å². The Kier molecular flexibility index (Phi) is 7.12. The fraction of sp³-hybridized carbons (Fsp3) is 0.938. The maximum atomic E-state index is 7.69. The summed E-state index contributed by atoms with van der Waals surface area (Å²) in [7, 11) is 0. The molecule has 0 spiro atoms. The van der Waals surface area contributed by atoms with Crippen LogP contribution in [0.15, 0.2) is 12.3 Å². The zero-order valence-electron chi connectivity index (χ0n) is 24.0. The van der Waals surface area contributed by atoms with Gasteiger partial charge in [-0.1, -0.05) is 73.8 Å². The molecule has 0 radical (unpaired) electrons. The van der Waals surface area contributed by atoms with Crippen molar-refractivity contribution in [1.82, 2.24) is 5.32 Å². The average molecular weight is 471 g/mol. The molecule has 4 aliphatic carbocycles. The smallest absolute Gasteiger partial charge is 0.0233 e. The van der Waals surface area contributed by atoms with E-state index < -0.39 is 0 Å². The van der Waals surface area contributed by atoms with Gasteiger partial charge in [0.2, 0.25) is 0 Å². The molecule has 34 heavy (non-hydrogen) atoms. The van der Waals surface area contributed by atoms with Gasteiger partial charge in [-0.2, -0.15) is 0 Å². The normalized spacial score (nSPS) is 47.8. The summed E-state index contributed by atoms with van der Waals surface area (Å²) in [6.45, 7) is 22.9. The summed E-state index contributed by atoms with van der Waals surface area (Å²) in [6, 6.07) is 0. The van der Waals surface area contributed by atoms with Gasteiger partial charge in [0.15, 0.2) is 0 Å². The standard InChI is InChI=1S/C32H58N2/c1-9-10-11-19-32(33)24(22-34-23(2)3)15-20-31(8)27(32)14-13-26-29(6)18-12-17-28(4,5)25(29)16-21-30(26,31)7/h24-27,34H,2,9-22,33H2,1,3-8H3/t24-,25?,26?,27+,29+,30-,31-,32-/m1/s1. The minimum absolute atomic E-state index is 0.0395. The van der Waals surface area contributed by atoms with Gasteiger partial charge in [0.25, 0.3) is 0 Å². The van der Waals surface area contributed by atoms with E-state index in [1.165, 1.54) is 83.5 Å². The average Bonchev–Trinajstić information content (AvgIpc) is 2.73. The molecule has 0 aliphatic heterocycles. The van der Waals surface area contributed by atoms with Gasteiger partial charge >= 0.3 is 0 Å². The lowest BCUT2D eigenvalue weighted by Gasteiger charge is -2.73. The molecule has 4 fully saturated rings. The predicted octanol–water partition coefficient (Wildman–Crippen LogP) is 8.46. The molecule has 2 unspecified atom stereocenters. The van der Waals surface area contributed by atoms with Gasteiger partial charge < -0.3 is 11.1 Å². The van der Waals surface area contributed by atoms with Crippen molar-refractivity contribution < 1.29 is 0 Å². The summed E-state index contributed by atoms with van der Waals surface area (Å²) in [5.74, 6) is 2.99. The molecule has 4 saturated carbocycles. The third kappa shape index (κ3) is 3.92. The molecule has 2 nitrogen and oxygen atoms in total. The van der Waals surface area contributed by atoms with E-state index in [9.17, 15) is 0 Å². The molecule has 0 bridgehead atoms. The van der Waals surface area contributed by atoms with Crippen molar-refractivity contribution >= 4 is 0 Å². The number of allylic oxidation sites excluding steroid dienone is 1. The molecule has 4 rings (SSSR count). The minimum Gasteiger partial charge on any atom is -0.389 e. The summed E-state index contributed by atoms with van der Waals surface area (Å²) in [5.41, 5.74) is 10.6. The number of fused-ring (bicyclic) bond motifs is 5. The fourth-order valence-electron chi connectivity index (χ4n) is 11.0. The molecule has 0 aromatic rings. The van der Waals surface area contributed by atoms with Crippen molar-refractivity contribution in [3.63, 3.8) is 0 Å². The molecule has 2 heteroatoms. The zero-order chi connectivity index (χ0) is 25.0. The highest BCUT2D eigenvalue weighted by molar-refractivity contribution is 5.20. The van der Waals surface area contributed by atoms with E-state index in [1.807, 2.05) is 0 Å². The first-order chi connectivity index (χ1) is 15.8. The number of nitrogens with one attached hydrogen (secondary N) is 1. The topological polar surface area (TPSA) is 38.0 Å². The monoisotopic (exact) mass is 470 g/mol. The Hall–Kier alpha value is -0.500. The number of unbranched alkanes of at least 4 members (excludes halogenated alkanes) is 2.